The molecule has 1 N–H and O–H groups in total. The molecule has 27 heavy (non-hydrogen) atoms. The third-order valence-corrected chi connectivity index (χ3v) is 5.09. The first-order valence-electron chi connectivity index (χ1n) is 9.54. The lowest BCUT2D eigenvalue weighted by atomic mass is 10.1. The van der Waals surface area contributed by atoms with Crippen molar-refractivity contribution in [3.8, 4) is 0 Å². The lowest BCUT2D eigenvalue weighted by Gasteiger charge is -2.24. The highest BCUT2D eigenvalue weighted by Crippen LogP contribution is 2.29. The van der Waals surface area contributed by atoms with Gasteiger partial charge in [0.25, 0.3) is 5.91 Å². The Morgan fingerprint density at radius 2 is 1.78 bits per heavy atom. The molecule has 0 saturated carbocycles. The summed E-state index contributed by atoms with van der Waals surface area (Å²) in [6.07, 6.45) is 0.197. The van der Waals surface area contributed by atoms with Crippen LogP contribution in [0.2, 0.25) is 0 Å². The van der Waals surface area contributed by atoms with Crippen LogP contribution in [-0.4, -0.2) is 30.9 Å². The van der Waals surface area contributed by atoms with Crippen LogP contribution in [0.4, 0.5) is 11.4 Å². The average molecular weight is 365 g/mol. The van der Waals surface area contributed by atoms with Crippen molar-refractivity contribution in [2.75, 3.05) is 22.9 Å². The number of amides is 2. The van der Waals surface area contributed by atoms with Gasteiger partial charge in [0, 0.05) is 25.3 Å². The van der Waals surface area contributed by atoms with Crippen LogP contribution in [0, 0.1) is 6.92 Å². The summed E-state index contributed by atoms with van der Waals surface area (Å²) in [5.41, 5.74) is 3.82. The van der Waals surface area contributed by atoms with E-state index < -0.39 is 6.04 Å². The normalized spacial score (nSPS) is 16.9. The molecule has 142 valence electrons. The maximum absolute atomic E-state index is 12.9. The minimum absolute atomic E-state index is 0.149. The van der Waals surface area contributed by atoms with Gasteiger partial charge in [-0.15, -0.1) is 0 Å². The number of carbonyl (C=O) groups excluding carboxylic acids is 2. The number of hydrogen-bond donors (Lipinski definition) is 1. The summed E-state index contributed by atoms with van der Waals surface area (Å²) < 4.78 is 0. The number of benzene rings is 2. The first kappa shape index (κ1) is 19.1. The predicted molar refractivity (Wildman–Crippen MR) is 109 cm³/mol. The fourth-order valence-electron chi connectivity index (χ4n) is 3.56. The summed E-state index contributed by atoms with van der Waals surface area (Å²) in [7, 11) is 0. The Morgan fingerprint density at radius 1 is 1.07 bits per heavy atom. The van der Waals surface area contributed by atoms with Gasteiger partial charge in [-0.2, -0.15) is 0 Å². The van der Waals surface area contributed by atoms with Gasteiger partial charge >= 0.3 is 0 Å². The molecule has 2 aromatic carbocycles. The van der Waals surface area contributed by atoms with Crippen LogP contribution in [0.1, 0.15) is 31.4 Å². The quantitative estimate of drug-likeness (QED) is 0.765. The van der Waals surface area contributed by atoms with Gasteiger partial charge in [-0.1, -0.05) is 30.3 Å². The highest BCUT2D eigenvalue weighted by Gasteiger charge is 2.39. The molecule has 1 aliphatic heterocycles. The lowest BCUT2D eigenvalue weighted by Crippen LogP contribution is -2.38. The number of hydrogen-bond acceptors (Lipinski definition) is 4. The molecular weight excluding hydrogens is 338 g/mol. The van der Waals surface area contributed by atoms with Gasteiger partial charge in [0.15, 0.2) is 0 Å². The molecule has 1 aliphatic rings. The summed E-state index contributed by atoms with van der Waals surface area (Å²) in [6, 6.07) is 15.3. The Morgan fingerprint density at radius 3 is 2.41 bits per heavy atom. The largest absolute Gasteiger partial charge is 0.372 e. The Labute approximate surface area is 161 Å². The zero-order valence-electron chi connectivity index (χ0n) is 16.2. The Hall–Kier alpha value is -2.66. The monoisotopic (exact) mass is 365 g/mol. The van der Waals surface area contributed by atoms with Gasteiger partial charge in [-0.3, -0.25) is 9.59 Å². The van der Waals surface area contributed by atoms with E-state index in [4.69, 9.17) is 0 Å². The van der Waals surface area contributed by atoms with E-state index in [0.717, 1.165) is 29.9 Å². The summed E-state index contributed by atoms with van der Waals surface area (Å²) in [4.78, 5) is 29.0. The van der Waals surface area contributed by atoms with Gasteiger partial charge < -0.3 is 10.2 Å². The van der Waals surface area contributed by atoms with Crippen LogP contribution in [-0.2, 0) is 16.1 Å². The van der Waals surface area contributed by atoms with Gasteiger partial charge in [0.2, 0.25) is 5.91 Å². The molecule has 0 unspecified atom stereocenters. The van der Waals surface area contributed by atoms with E-state index in [9.17, 15) is 9.59 Å². The minimum atomic E-state index is -0.473. The fourth-order valence-corrected chi connectivity index (χ4v) is 3.56. The Bertz CT molecular complexity index is 816. The van der Waals surface area contributed by atoms with Crippen LogP contribution in [0.3, 0.4) is 0 Å². The zero-order chi connectivity index (χ0) is 19.4. The third kappa shape index (κ3) is 4.03. The van der Waals surface area contributed by atoms with E-state index in [1.54, 1.807) is 0 Å². The van der Waals surface area contributed by atoms with E-state index >= 15 is 0 Å². The van der Waals surface area contributed by atoms with E-state index in [1.165, 1.54) is 4.90 Å². The SMILES string of the molecule is CCN(CC)c1ccc(N2C(=O)C[C@@H](NCc3ccccc3)C2=O)c(C)c1. The molecule has 0 bridgehead atoms. The average Bonchev–Trinajstić information content (AvgIpc) is 2.96. The Kier molecular flexibility index (Phi) is 5.91. The molecule has 1 heterocycles. The molecule has 0 aromatic heterocycles. The van der Waals surface area contributed by atoms with Gasteiger partial charge in [0.1, 0.15) is 0 Å². The summed E-state index contributed by atoms with van der Waals surface area (Å²) in [6.45, 7) is 8.59. The number of imide groups is 1. The maximum Gasteiger partial charge on any atom is 0.251 e. The number of aryl methyl sites for hydroxylation is 1. The highest BCUT2D eigenvalue weighted by molar-refractivity contribution is 6.22. The predicted octanol–water partition coefficient (Wildman–Crippen LogP) is 3.26. The van der Waals surface area contributed by atoms with E-state index in [-0.39, 0.29) is 18.2 Å². The number of carbonyl (C=O) groups is 2. The van der Waals surface area contributed by atoms with Crippen LogP contribution in [0.25, 0.3) is 0 Å². The summed E-state index contributed by atoms with van der Waals surface area (Å²) >= 11 is 0. The molecule has 5 heteroatoms. The topological polar surface area (TPSA) is 52.6 Å². The molecule has 0 aliphatic carbocycles. The van der Waals surface area contributed by atoms with Crippen LogP contribution < -0.4 is 15.1 Å². The molecular formula is C22H27N3O2. The molecule has 2 aromatic rings. The van der Waals surface area contributed by atoms with Crippen molar-refractivity contribution in [3.05, 3.63) is 59.7 Å². The van der Waals surface area contributed by atoms with Crippen molar-refractivity contribution >= 4 is 23.2 Å². The molecule has 1 saturated heterocycles. The molecule has 0 spiro atoms. The van der Waals surface area contributed by atoms with Crippen molar-refractivity contribution in [3.63, 3.8) is 0 Å². The second-order valence-electron chi connectivity index (χ2n) is 6.83. The van der Waals surface area contributed by atoms with Crippen molar-refractivity contribution in [1.82, 2.24) is 5.32 Å². The van der Waals surface area contributed by atoms with Gasteiger partial charge in [-0.05, 0) is 50.1 Å². The molecule has 2 amide bonds. The van der Waals surface area contributed by atoms with Gasteiger partial charge in [0.05, 0.1) is 18.2 Å². The standard InChI is InChI=1S/C22H27N3O2/c1-4-24(5-2)18-11-12-20(16(3)13-18)25-21(26)14-19(22(25)27)23-15-17-9-7-6-8-10-17/h6-13,19,23H,4-5,14-15H2,1-3H3/t19-/m1/s1. The third-order valence-electron chi connectivity index (χ3n) is 5.09. The number of rotatable bonds is 7. The molecule has 0 radical (unpaired) electrons. The first-order valence-corrected chi connectivity index (χ1v) is 9.54. The number of nitrogens with zero attached hydrogens (tertiary/aromatic N) is 2. The van der Waals surface area contributed by atoms with E-state index in [0.29, 0.717) is 12.2 Å². The summed E-state index contributed by atoms with van der Waals surface area (Å²) in [5, 5.41) is 3.22. The molecule has 3 rings (SSSR count). The number of nitrogens with one attached hydrogen (secondary N) is 1. The summed E-state index contributed by atoms with van der Waals surface area (Å²) in [5.74, 6) is -0.320. The van der Waals surface area contributed by atoms with E-state index in [2.05, 4.69) is 24.1 Å². The Balaban J connectivity index is 1.75. The van der Waals surface area contributed by atoms with Crippen molar-refractivity contribution in [1.29, 1.82) is 0 Å². The highest BCUT2D eigenvalue weighted by atomic mass is 16.2. The molecule has 1 atom stereocenters. The van der Waals surface area contributed by atoms with Crippen molar-refractivity contribution in [2.45, 2.75) is 39.8 Å². The van der Waals surface area contributed by atoms with Crippen LogP contribution in [0.5, 0.6) is 0 Å². The van der Waals surface area contributed by atoms with Gasteiger partial charge in [-0.25, -0.2) is 4.90 Å². The molecule has 1 fully saturated rings. The molecule has 5 nitrogen and oxygen atoms in total. The van der Waals surface area contributed by atoms with Crippen molar-refractivity contribution < 1.29 is 9.59 Å². The minimum Gasteiger partial charge on any atom is -0.372 e. The second-order valence-corrected chi connectivity index (χ2v) is 6.83. The fraction of sp³-hybridized carbons (Fsp3) is 0.364. The van der Waals surface area contributed by atoms with E-state index in [1.807, 2.05) is 55.5 Å². The lowest BCUT2D eigenvalue weighted by molar-refractivity contribution is -0.121. The maximum atomic E-state index is 12.9. The smallest absolute Gasteiger partial charge is 0.251 e. The first-order chi connectivity index (χ1) is 13.0. The van der Waals surface area contributed by atoms with Crippen LogP contribution >= 0.6 is 0 Å². The second kappa shape index (κ2) is 8.35. The van der Waals surface area contributed by atoms with Crippen molar-refractivity contribution in [2.24, 2.45) is 0 Å². The zero-order valence-corrected chi connectivity index (χ0v) is 16.2. The van der Waals surface area contributed by atoms with Crippen LogP contribution in [0.15, 0.2) is 48.5 Å². The number of anilines is 2.